The van der Waals surface area contributed by atoms with Crippen molar-refractivity contribution in [1.82, 2.24) is 0 Å². The van der Waals surface area contributed by atoms with Crippen molar-refractivity contribution in [2.75, 3.05) is 0 Å². The van der Waals surface area contributed by atoms with Crippen molar-refractivity contribution in [3.8, 4) is 0 Å². The molecule has 0 aliphatic rings. The summed E-state index contributed by atoms with van der Waals surface area (Å²) in [4.78, 5) is 23.9. The van der Waals surface area contributed by atoms with E-state index in [2.05, 4.69) is 0 Å². The van der Waals surface area contributed by atoms with Crippen molar-refractivity contribution in [2.45, 2.75) is 47.0 Å². The minimum Gasteiger partial charge on any atom is -0.300 e. The average molecular weight is 260 g/mol. The molecule has 2 heteroatoms. The fourth-order valence-electron chi connectivity index (χ4n) is 2.46. The van der Waals surface area contributed by atoms with Crippen LogP contribution in [0.2, 0.25) is 0 Å². The number of ketones is 2. The summed E-state index contributed by atoms with van der Waals surface area (Å²) in [5, 5.41) is 0. The lowest BCUT2D eigenvalue weighted by Gasteiger charge is -2.28. The molecule has 0 aromatic heterocycles. The maximum atomic E-state index is 12.4. The van der Waals surface area contributed by atoms with E-state index in [1.165, 1.54) is 0 Å². The third kappa shape index (κ3) is 4.30. The van der Waals surface area contributed by atoms with Crippen LogP contribution in [-0.4, -0.2) is 11.6 Å². The molecule has 2 atom stereocenters. The van der Waals surface area contributed by atoms with Gasteiger partial charge in [-0.2, -0.15) is 0 Å². The highest BCUT2D eigenvalue weighted by Gasteiger charge is 2.33. The summed E-state index contributed by atoms with van der Waals surface area (Å²) in [6, 6.07) is 9.86. The minimum atomic E-state index is -0.372. The molecule has 0 amide bonds. The first kappa shape index (κ1) is 15.6. The fourth-order valence-corrected chi connectivity index (χ4v) is 2.46. The Bertz CT molecular complexity index is 440. The van der Waals surface area contributed by atoms with Crippen LogP contribution in [-0.2, 0) is 9.59 Å². The number of benzene rings is 1. The van der Waals surface area contributed by atoms with Gasteiger partial charge in [-0.3, -0.25) is 4.79 Å². The molecular formula is C17H24O2. The van der Waals surface area contributed by atoms with E-state index >= 15 is 0 Å². The molecule has 1 aromatic carbocycles. The topological polar surface area (TPSA) is 34.1 Å². The van der Waals surface area contributed by atoms with E-state index in [-0.39, 0.29) is 28.8 Å². The van der Waals surface area contributed by atoms with E-state index in [0.29, 0.717) is 6.42 Å². The Morgan fingerprint density at radius 3 is 2.05 bits per heavy atom. The summed E-state index contributed by atoms with van der Waals surface area (Å²) < 4.78 is 0. The highest BCUT2D eigenvalue weighted by atomic mass is 16.1. The number of rotatable bonds is 5. The standard InChI is InChI=1S/C17H24O2/c1-12(18)11-15(14-9-7-6-8-10-14)13(2)16(19)17(3,4)5/h6-10,13,15H,11H2,1-5H3/t13-,15-/m1/s1. The molecule has 1 rings (SSSR count). The van der Waals surface area contributed by atoms with Crippen LogP contribution in [0.5, 0.6) is 0 Å². The Balaban J connectivity index is 3.05. The first-order valence-corrected chi connectivity index (χ1v) is 6.82. The van der Waals surface area contributed by atoms with Gasteiger partial charge in [0, 0.05) is 23.7 Å². The zero-order chi connectivity index (χ0) is 14.6. The predicted molar refractivity (Wildman–Crippen MR) is 78.1 cm³/mol. The van der Waals surface area contributed by atoms with Gasteiger partial charge in [0.25, 0.3) is 0 Å². The van der Waals surface area contributed by atoms with Crippen molar-refractivity contribution in [1.29, 1.82) is 0 Å². The fraction of sp³-hybridized carbons (Fsp3) is 0.529. The van der Waals surface area contributed by atoms with Crippen molar-refractivity contribution >= 4 is 11.6 Å². The Kier molecular flexibility index (Phi) is 5.04. The summed E-state index contributed by atoms with van der Waals surface area (Å²) in [6.45, 7) is 9.32. The Hall–Kier alpha value is -1.44. The van der Waals surface area contributed by atoms with Gasteiger partial charge < -0.3 is 4.79 Å². The number of carbonyl (C=O) groups excluding carboxylic acids is 2. The second-order valence-corrected chi connectivity index (χ2v) is 6.33. The molecule has 0 heterocycles. The van der Waals surface area contributed by atoms with Gasteiger partial charge in [-0.1, -0.05) is 58.0 Å². The van der Waals surface area contributed by atoms with Gasteiger partial charge in [-0.05, 0) is 12.5 Å². The summed E-state index contributed by atoms with van der Waals surface area (Å²) in [5.74, 6) is 0.168. The van der Waals surface area contributed by atoms with Crippen LogP contribution in [0.25, 0.3) is 0 Å². The summed E-state index contributed by atoms with van der Waals surface area (Å²) in [6.07, 6.45) is 0.424. The quantitative estimate of drug-likeness (QED) is 0.802. The molecule has 0 aliphatic heterocycles. The van der Waals surface area contributed by atoms with Crippen LogP contribution in [0.3, 0.4) is 0 Å². The minimum absolute atomic E-state index is 0.0228. The van der Waals surface area contributed by atoms with Crippen molar-refractivity contribution < 1.29 is 9.59 Å². The zero-order valence-corrected chi connectivity index (χ0v) is 12.6. The molecule has 0 aliphatic carbocycles. The molecule has 0 bridgehead atoms. The van der Waals surface area contributed by atoms with Crippen molar-refractivity contribution in [2.24, 2.45) is 11.3 Å². The van der Waals surface area contributed by atoms with Gasteiger partial charge in [-0.25, -0.2) is 0 Å². The maximum absolute atomic E-state index is 12.4. The van der Waals surface area contributed by atoms with Gasteiger partial charge in [0.15, 0.2) is 0 Å². The van der Waals surface area contributed by atoms with E-state index in [9.17, 15) is 9.59 Å². The van der Waals surface area contributed by atoms with E-state index < -0.39 is 0 Å². The lowest BCUT2D eigenvalue weighted by atomic mass is 9.74. The molecule has 2 nitrogen and oxygen atoms in total. The molecule has 0 fully saturated rings. The Labute approximate surface area is 116 Å². The normalized spacial score (nSPS) is 14.8. The first-order valence-electron chi connectivity index (χ1n) is 6.82. The lowest BCUT2D eigenvalue weighted by Crippen LogP contribution is -2.31. The first-order chi connectivity index (χ1) is 8.73. The third-order valence-electron chi connectivity index (χ3n) is 3.49. The highest BCUT2D eigenvalue weighted by Crippen LogP contribution is 2.33. The monoisotopic (exact) mass is 260 g/mol. The van der Waals surface area contributed by atoms with Crippen LogP contribution in [0.1, 0.15) is 52.5 Å². The molecule has 0 radical (unpaired) electrons. The smallest absolute Gasteiger partial charge is 0.141 e. The van der Waals surface area contributed by atoms with Crippen LogP contribution >= 0.6 is 0 Å². The number of Topliss-reactive ketones (excluding diaryl/α,β-unsaturated/α-hetero) is 2. The van der Waals surface area contributed by atoms with Crippen LogP contribution in [0.4, 0.5) is 0 Å². The van der Waals surface area contributed by atoms with E-state index in [0.717, 1.165) is 5.56 Å². The van der Waals surface area contributed by atoms with E-state index in [4.69, 9.17) is 0 Å². The second kappa shape index (κ2) is 6.14. The number of carbonyl (C=O) groups is 2. The SMILES string of the molecule is CC(=O)C[C@@H](c1ccccc1)[C@@H](C)C(=O)C(C)(C)C. The van der Waals surface area contributed by atoms with Gasteiger partial charge in [0.2, 0.25) is 0 Å². The van der Waals surface area contributed by atoms with E-state index in [1.54, 1.807) is 6.92 Å². The molecule has 19 heavy (non-hydrogen) atoms. The molecular weight excluding hydrogens is 236 g/mol. The van der Waals surface area contributed by atoms with Crippen LogP contribution in [0.15, 0.2) is 30.3 Å². The van der Waals surface area contributed by atoms with E-state index in [1.807, 2.05) is 58.0 Å². The Morgan fingerprint density at radius 1 is 1.11 bits per heavy atom. The molecule has 0 unspecified atom stereocenters. The molecule has 0 spiro atoms. The summed E-state index contributed by atoms with van der Waals surface area (Å²) in [5.41, 5.74) is 0.700. The second-order valence-electron chi connectivity index (χ2n) is 6.33. The molecule has 0 saturated heterocycles. The van der Waals surface area contributed by atoms with Gasteiger partial charge in [0.05, 0.1) is 0 Å². The lowest BCUT2D eigenvalue weighted by molar-refractivity contribution is -0.131. The van der Waals surface area contributed by atoms with Crippen LogP contribution < -0.4 is 0 Å². The van der Waals surface area contributed by atoms with Gasteiger partial charge >= 0.3 is 0 Å². The Morgan fingerprint density at radius 2 is 1.63 bits per heavy atom. The maximum Gasteiger partial charge on any atom is 0.141 e. The summed E-state index contributed by atoms with van der Waals surface area (Å²) in [7, 11) is 0. The molecule has 104 valence electrons. The molecule has 0 saturated carbocycles. The number of hydrogen-bond acceptors (Lipinski definition) is 2. The van der Waals surface area contributed by atoms with Crippen LogP contribution in [0, 0.1) is 11.3 Å². The van der Waals surface area contributed by atoms with Gasteiger partial charge in [-0.15, -0.1) is 0 Å². The summed E-state index contributed by atoms with van der Waals surface area (Å²) >= 11 is 0. The average Bonchev–Trinajstić information content (AvgIpc) is 2.34. The molecule has 1 aromatic rings. The van der Waals surface area contributed by atoms with Crippen molar-refractivity contribution in [3.63, 3.8) is 0 Å². The van der Waals surface area contributed by atoms with Gasteiger partial charge in [0.1, 0.15) is 11.6 Å². The highest BCUT2D eigenvalue weighted by molar-refractivity contribution is 5.87. The molecule has 0 N–H and O–H groups in total. The predicted octanol–water partition coefficient (Wildman–Crippen LogP) is 4.00. The number of hydrogen-bond donors (Lipinski definition) is 0. The van der Waals surface area contributed by atoms with Crippen molar-refractivity contribution in [3.05, 3.63) is 35.9 Å². The largest absolute Gasteiger partial charge is 0.300 e. The zero-order valence-electron chi connectivity index (χ0n) is 12.6. The third-order valence-corrected chi connectivity index (χ3v) is 3.49.